The van der Waals surface area contributed by atoms with Crippen molar-refractivity contribution in [2.75, 3.05) is 11.1 Å². The van der Waals surface area contributed by atoms with Crippen molar-refractivity contribution in [3.05, 3.63) is 28.5 Å². The van der Waals surface area contributed by atoms with E-state index in [-0.39, 0.29) is 11.4 Å². The van der Waals surface area contributed by atoms with Crippen LogP contribution >= 0.6 is 27.7 Å². The Morgan fingerprint density at radius 1 is 1.44 bits per heavy atom. The molecule has 0 aliphatic carbocycles. The Labute approximate surface area is 120 Å². The Morgan fingerprint density at radius 2 is 2.17 bits per heavy atom. The van der Waals surface area contributed by atoms with Gasteiger partial charge in [0, 0.05) is 11.4 Å². The predicted octanol–water partition coefficient (Wildman–Crippen LogP) is 4.66. The molecule has 1 heterocycles. The lowest BCUT2D eigenvalue weighted by atomic mass is 9.97. The molecule has 5 heteroatoms. The number of hydrogen-bond donors (Lipinski definition) is 1. The van der Waals surface area contributed by atoms with E-state index in [9.17, 15) is 4.39 Å². The zero-order valence-electron chi connectivity index (χ0n) is 10.5. The summed E-state index contributed by atoms with van der Waals surface area (Å²) in [5, 5.41) is 4.18. The Morgan fingerprint density at radius 3 is 2.72 bits per heavy atom. The van der Waals surface area contributed by atoms with Crippen LogP contribution in [-0.4, -0.2) is 16.5 Å². The Balaban J connectivity index is 2.13. The van der Waals surface area contributed by atoms with Crippen molar-refractivity contribution < 1.29 is 4.39 Å². The summed E-state index contributed by atoms with van der Waals surface area (Å²) >= 11 is 4.92. The minimum Gasteiger partial charge on any atom is -0.335 e. The quantitative estimate of drug-likeness (QED) is 0.871. The fourth-order valence-electron chi connectivity index (χ4n) is 1.86. The van der Waals surface area contributed by atoms with Gasteiger partial charge in [0.05, 0.1) is 10.0 Å². The number of thioether (sulfide) groups is 1. The van der Waals surface area contributed by atoms with E-state index in [4.69, 9.17) is 4.99 Å². The molecule has 1 aliphatic heterocycles. The zero-order chi connectivity index (χ0) is 13.2. The highest BCUT2D eigenvalue weighted by molar-refractivity contribution is 9.10. The van der Waals surface area contributed by atoms with Crippen molar-refractivity contribution in [2.45, 2.75) is 32.2 Å². The van der Waals surface area contributed by atoms with Gasteiger partial charge in [-0.1, -0.05) is 25.6 Å². The number of rotatable bonds is 3. The van der Waals surface area contributed by atoms with E-state index in [0.717, 1.165) is 29.4 Å². The van der Waals surface area contributed by atoms with Gasteiger partial charge in [0.1, 0.15) is 5.82 Å². The van der Waals surface area contributed by atoms with Crippen LogP contribution < -0.4 is 5.32 Å². The zero-order valence-corrected chi connectivity index (χ0v) is 12.9. The van der Waals surface area contributed by atoms with Gasteiger partial charge >= 0.3 is 0 Å². The van der Waals surface area contributed by atoms with Gasteiger partial charge in [-0.25, -0.2) is 4.39 Å². The maximum absolute atomic E-state index is 13.1. The molecule has 2 rings (SSSR count). The van der Waals surface area contributed by atoms with E-state index >= 15 is 0 Å². The largest absolute Gasteiger partial charge is 0.335 e. The number of hydrogen-bond acceptors (Lipinski definition) is 3. The van der Waals surface area contributed by atoms with Gasteiger partial charge in [-0.2, -0.15) is 0 Å². The van der Waals surface area contributed by atoms with E-state index in [0.29, 0.717) is 4.47 Å². The molecular weight excluding hydrogens is 315 g/mol. The average molecular weight is 331 g/mol. The van der Waals surface area contributed by atoms with Crippen LogP contribution in [0.2, 0.25) is 0 Å². The molecule has 0 saturated heterocycles. The predicted molar refractivity (Wildman–Crippen MR) is 80.9 cm³/mol. The van der Waals surface area contributed by atoms with E-state index < -0.39 is 0 Å². The fraction of sp³-hybridized carbons (Fsp3) is 0.462. The first kappa shape index (κ1) is 13.9. The van der Waals surface area contributed by atoms with E-state index in [2.05, 4.69) is 35.1 Å². The van der Waals surface area contributed by atoms with Crippen LogP contribution in [0.5, 0.6) is 0 Å². The minimum absolute atomic E-state index is 0.0737. The van der Waals surface area contributed by atoms with E-state index in [1.165, 1.54) is 6.07 Å². The lowest BCUT2D eigenvalue weighted by molar-refractivity contribution is 0.456. The second-order valence-corrected chi connectivity index (χ2v) is 6.21. The second-order valence-electron chi connectivity index (χ2n) is 4.39. The fourth-order valence-corrected chi connectivity index (χ4v) is 3.56. The molecular formula is C13H16BrFN2S. The van der Waals surface area contributed by atoms with Crippen molar-refractivity contribution >= 4 is 38.5 Å². The molecule has 2 nitrogen and oxygen atoms in total. The van der Waals surface area contributed by atoms with Gasteiger partial charge in [0.15, 0.2) is 5.17 Å². The molecule has 1 N–H and O–H groups in total. The minimum atomic E-state index is -0.252. The molecule has 0 spiro atoms. The lowest BCUT2D eigenvalue weighted by Crippen LogP contribution is -2.24. The maximum Gasteiger partial charge on any atom is 0.161 e. The molecule has 0 aromatic heterocycles. The third-order valence-electron chi connectivity index (χ3n) is 3.30. The number of nitrogens with one attached hydrogen (secondary N) is 1. The highest BCUT2D eigenvalue weighted by Gasteiger charge is 2.32. The number of benzene rings is 1. The van der Waals surface area contributed by atoms with E-state index in [1.807, 2.05) is 0 Å². The summed E-state index contributed by atoms with van der Waals surface area (Å²) in [6.45, 7) is 4.34. The van der Waals surface area contributed by atoms with Crippen molar-refractivity contribution in [3.8, 4) is 0 Å². The van der Waals surface area contributed by atoms with Crippen LogP contribution in [0.25, 0.3) is 0 Å². The highest BCUT2D eigenvalue weighted by atomic mass is 79.9. The molecule has 0 atom stereocenters. The molecule has 1 aromatic rings. The summed E-state index contributed by atoms with van der Waals surface area (Å²) in [5.41, 5.74) is 0.932. The number of halogens is 2. The highest BCUT2D eigenvalue weighted by Crippen LogP contribution is 2.34. The summed E-state index contributed by atoms with van der Waals surface area (Å²) in [4.78, 5) is 4.76. The van der Waals surface area contributed by atoms with Crippen LogP contribution in [0.3, 0.4) is 0 Å². The standard InChI is InChI=1S/C13H16BrFN2S/c1-3-13(4-2)8-18-12(17-13)16-9-5-6-11(15)10(14)7-9/h5-7H,3-4,8H2,1-2H3,(H,16,17). The third kappa shape index (κ3) is 2.88. The third-order valence-corrected chi connectivity index (χ3v) is 5.06. The summed E-state index contributed by atoms with van der Waals surface area (Å²) in [6.07, 6.45) is 2.10. The van der Waals surface area contributed by atoms with Crippen LogP contribution in [0, 0.1) is 5.82 Å². The number of anilines is 1. The Hall–Kier alpha value is -0.550. The molecule has 0 amide bonds. The van der Waals surface area contributed by atoms with Crippen LogP contribution in [0.15, 0.2) is 27.7 Å². The van der Waals surface area contributed by atoms with Crippen LogP contribution in [0.4, 0.5) is 10.1 Å². The van der Waals surface area contributed by atoms with Gasteiger partial charge < -0.3 is 5.32 Å². The monoisotopic (exact) mass is 330 g/mol. The first-order valence-electron chi connectivity index (χ1n) is 6.03. The molecule has 0 saturated carbocycles. The Kier molecular flexibility index (Phi) is 4.33. The molecule has 18 heavy (non-hydrogen) atoms. The lowest BCUT2D eigenvalue weighted by Gasteiger charge is -2.20. The van der Waals surface area contributed by atoms with Gasteiger partial charge in [-0.15, -0.1) is 0 Å². The first-order valence-corrected chi connectivity index (χ1v) is 7.81. The molecule has 0 radical (unpaired) electrons. The van der Waals surface area contributed by atoms with E-state index in [1.54, 1.807) is 23.9 Å². The average Bonchev–Trinajstić information content (AvgIpc) is 2.78. The SMILES string of the molecule is CCC1(CC)CSC(Nc2ccc(F)c(Br)c2)=N1. The van der Waals surface area contributed by atoms with Crippen molar-refractivity contribution in [1.82, 2.24) is 0 Å². The number of nitrogens with zero attached hydrogens (tertiary/aromatic N) is 1. The van der Waals surface area contributed by atoms with Gasteiger partial charge in [-0.3, -0.25) is 4.99 Å². The van der Waals surface area contributed by atoms with Crippen LogP contribution in [0.1, 0.15) is 26.7 Å². The summed E-state index contributed by atoms with van der Waals surface area (Å²) < 4.78 is 13.6. The molecule has 0 fully saturated rings. The van der Waals surface area contributed by atoms with Gasteiger partial charge in [0.25, 0.3) is 0 Å². The number of amidine groups is 1. The second kappa shape index (κ2) is 5.61. The number of aliphatic imine (C=N–C) groups is 1. The summed E-state index contributed by atoms with van der Waals surface area (Å²) in [5.74, 6) is 0.767. The smallest absolute Gasteiger partial charge is 0.161 e. The summed E-state index contributed by atoms with van der Waals surface area (Å²) in [6, 6.07) is 4.90. The Bertz CT molecular complexity index is 472. The van der Waals surface area contributed by atoms with Gasteiger partial charge in [-0.05, 0) is 47.0 Å². The van der Waals surface area contributed by atoms with Gasteiger partial charge in [0.2, 0.25) is 0 Å². The molecule has 1 aliphatic rings. The first-order chi connectivity index (χ1) is 8.58. The topological polar surface area (TPSA) is 24.4 Å². The van der Waals surface area contributed by atoms with Crippen molar-refractivity contribution in [1.29, 1.82) is 0 Å². The molecule has 98 valence electrons. The van der Waals surface area contributed by atoms with Crippen LogP contribution in [-0.2, 0) is 0 Å². The summed E-state index contributed by atoms with van der Waals surface area (Å²) in [7, 11) is 0. The van der Waals surface area contributed by atoms with Crippen molar-refractivity contribution in [3.63, 3.8) is 0 Å². The molecule has 1 aromatic carbocycles. The maximum atomic E-state index is 13.1. The normalized spacial score (nSPS) is 17.7. The van der Waals surface area contributed by atoms with Crippen molar-refractivity contribution in [2.24, 2.45) is 4.99 Å². The molecule has 0 bridgehead atoms. The molecule has 0 unspecified atom stereocenters.